The molecule has 0 radical (unpaired) electrons. The van der Waals surface area contributed by atoms with Crippen LogP contribution in [0.5, 0.6) is 0 Å². The fourth-order valence-corrected chi connectivity index (χ4v) is 2.81. The maximum atomic E-state index is 10.3. The van der Waals surface area contributed by atoms with Crippen LogP contribution in [0.1, 0.15) is 42.1 Å². The molecule has 0 aliphatic heterocycles. The molecule has 0 saturated heterocycles. The quantitative estimate of drug-likeness (QED) is 0.940. The van der Waals surface area contributed by atoms with Crippen molar-refractivity contribution >= 4 is 22.9 Å². The predicted molar refractivity (Wildman–Crippen MR) is 73.1 cm³/mol. The van der Waals surface area contributed by atoms with E-state index in [2.05, 4.69) is 10.1 Å². The molecule has 6 heteroatoms. The maximum absolute atomic E-state index is 10.3. The van der Waals surface area contributed by atoms with E-state index in [1.165, 1.54) is 11.3 Å². The highest BCUT2D eigenvalue weighted by Crippen LogP contribution is 2.32. The lowest BCUT2D eigenvalue weighted by Crippen LogP contribution is -2.05. The van der Waals surface area contributed by atoms with Crippen molar-refractivity contribution in [2.75, 3.05) is 0 Å². The molecule has 0 spiro atoms. The number of aliphatic hydroxyl groups excluding tert-OH is 1. The first-order valence-electron chi connectivity index (χ1n) is 5.79. The van der Waals surface area contributed by atoms with E-state index in [1.54, 1.807) is 17.9 Å². The van der Waals surface area contributed by atoms with Gasteiger partial charge in [-0.15, -0.1) is 11.3 Å². The summed E-state index contributed by atoms with van der Waals surface area (Å²) in [5, 5.41) is 18.0. The van der Waals surface area contributed by atoms with E-state index in [-0.39, 0.29) is 5.92 Å². The van der Waals surface area contributed by atoms with Gasteiger partial charge in [0.25, 0.3) is 0 Å². The van der Waals surface area contributed by atoms with Crippen LogP contribution < -0.4 is 0 Å². The second-order valence-electron chi connectivity index (χ2n) is 4.51. The minimum Gasteiger partial charge on any atom is -0.388 e. The molecule has 2 rings (SSSR count). The molecule has 2 aromatic heterocycles. The largest absolute Gasteiger partial charge is 0.388 e. The summed E-state index contributed by atoms with van der Waals surface area (Å²) in [5.41, 5.74) is 1.58. The SMILES string of the molecule is CC(C)c1nn(C)c(Cl)c1C(O)Cc1nccs1. The average Bonchev–Trinajstić information content (AvgIpc) is 2.88. The molecular weight excluding hydrogens is 270 g/mol. The molecule has 0 saturated carbocycles. The topological polar surface area (TPSA) is 50.9 Å². The van der Waals surface area contributed by atoms with Crippen molar-refractivity contribution in [3.05, 3.63) is 33.0 Å². The number of nitrogens with zero attached hydrogens (tertiary/aromatic N) is 3. The molecule has 2 aromatic rings. The summed E-state index contributed by atoms with van der Waals surface area (Å²) in [4.78, 5) is 4.18. The van der Waals surface area contributed by atoms with Gasteiger partial charge >= 0.3 is 0 Å². The lowest BCUT2D eigenvalue weighted by atomic mass is 10.0. The Balaban J connectivity index is 2.31. The fraction of sp³-hybridized carbons (Fsp3) is 0.500. The molecule has 2 heterocycles. The van der Waals surface area contributed by atoms with E-state index in [0.29, 0.717) is 11.6 Å². The van der Waals surface area contributed by atoms with Gasteiger partial charge in [0.2, 0.25) is 0 Å². The van der Waals surface area contributed by atoms with Gasteiger partial charge in [-0.3, -0.25) is 4.68 Å². The van der Waals surface area contributed by atoms with Crippen molar-refractivity contribution in [1.82, 2.24) is 14.8 Å². The Morgan fingerprint density at radius 1 is 1.50 bits per heavy atom. The average molecular weight is 286 g/mol. The van der Waals surface area contributed by atoms with Crippen LogP contribution in [0.3, 0.4) is 0 Å². The second kappa shape index (κ2) is 5.38. The van der Waals surface area contributed by atoms with Gasteiger partial charge in [0.05, 0.1) is 16.8 Å². The first kappa shape index (κ1) is 13.5. The Morgan fingerprint density at radius 2 is 2.22 bits per heavy atom. The number of hydrogen-bond donors (Lipinski definition) is 1. The van der Waals surface area contributed by atoms with Crippen LogP contribution >= 0.6 is 22.9 Å². The lowest BCUT2D eigenvalue weighted by Gasteiger charge is -2.11. The molecule has 1 N–H and O–H groups in total. The van der Waals surface area contributed by atoms with Crippen molar-refractivity contribution in [2.45, 2.75) is 32.3 Å². The molecule has 0 aromatic carbocycles. The zero-order chi connectivity index (χ0) is 13.3. The molecule has 0 aliphatic rings. The third kappa shape index (κ3) is 2.58. The van der Waals surface area contributed by atoms with E-state index in [4.69, 9.17) is 11.6 Å². The third-order valence-electron chi connectivity index (χ3n) is 2.77. The fourth-order valence-electron chi connectivity index (χ4n) is 1.90. The normalized spacial score (nSPS) is 13.2. The highest BCUT2D eigenvalue weighted by Gasteiger charge is 2.24. The Morgan fingerprint density at radius 3 is 2.78 bits per heavy atom. The van der Waals surface area contributed by atoms with E-state index in [9.17, 15) is 5.11 Å². The first-order chi connectivity index (χ1) is 8.50. The minimum absolute atomic E-state index is 0.227. The minimum atomic E-state index is -0.658. The van der Waals surface area contributed by atoms with Crippen LogP contribution in [-0.4, -0.2) is 19.9 Å². The van der Waals surface area contributed by atoms with Crippen LogP contribution in [0.25, 0.3) is 0 Å². The van der Waals surface area contributed by atoms with Crippen molar-refractivity contribution in [3.8, 4) is 0 Å². The Bertz CT molecular complexity index is 522. The summed E-state index contributed by atoms with van der Waals surface area (Å²) < 4.78 is 1.61. The van der Waals surface area contributed by atoms with Gasteiger partial charge in [-0.2, -0.15) is 5.10 Å². The van der Waals surface area contributed by atoms with Crippen molar-refractivity contribution in [2.24, 2.45) is 7.05 Å². The molecule has 98 valence electrons. The summed E-state index contributed by atoms with van der Waals surface area (Å²) in [6.07, 6.45) is 1.55. The first-order valence-corrected chi connectivity index (χ1v) is 7.05. The van der Waals surface area contributed by atoms with Crippen LogP contribution in [0, 0.1) is 0 Å². The number of halogens is 1. The number of aryl methyl sites for hydroxylation is 1. The molecule has 1 atom stereocenters. The van der Waals surface area contributed by atoms with Crippen LogP contribution in [0.2, 0.25) is 5.15 Å². The van der Waals surface area contributed by atoms with Crippen molar-refractivity contribution < 1.29 is 5.11 Å². The Labute approximate surface area is 115 Å². The number of aromatic nitrogens is 3. The maximum Gasteiger partial charge on any atom is 0.132 e. The number of hydrogen-bond acceptors (Lipinski definition) is 4. The predicted octanol–water partition coefficient (Wildman–Crippen LogP) is 2.93. The van der Waals surface area contributed by atoms with Crippen LogP contribution in [0.4, 0.5) is 0 Å². The van der Waals surface area contributed by atoms with E-state index < -0.39 is 6.10 Å². The lowest BCUT2D eigenvalue weighted by molar-refractivity contribution is 0.177. The van der Waals surface area contributed by atoms with Gasteiger partial charge in [-0.1, -0.05) is 25.4 Å². The van der Waals surface area contributed by atoms with Crippen LogP contribution in [0.15, 0.2) is 11.6 Å². The monoisotopic (exact) mass is 285 g/mol. The van der Waals surface area contributed by atoms with Gasteiger partial charge in [-0.25, -0.2) is 4.98 Å². The molecule has 1 unspecified atom stereocenters. The second-order valence-corrected chi connectivity index (χ2v) is 5.85. The smallest absolute Gasteiger partial charge is 0.132 e. The van der Waals surface area contributed by atoms with Gasteiger partial charge in [0, 0.05) is 30.6 Å². The zero-order valence-electron chi connectivity index (χ0n) is 10.6. The number of aliphatic hydroxyl groups is 1. The zero-order valence-corrected chi connectivity index (χ0v) is 12.2. The van der Waals surface area contributed by atoms with Gasteiger partial charge in [0.1, 0.15) is 5.15 Å². The summed E-state index contributed by atoms with van der Waals surface area (Å²) in [6, 6.07) is 0. The number of thiazole rings is 1. The van der Waals surface area contributed by atoms with Crippen molar-refractivity contribution in [3.63, 3.8) is 0 Å². The molecule has 4 nitrogen and oxygen atoms in total. The Kier molecular flexibility index (Phi) is 4.04. The molecule has 0 amide bonds. The van der Waals surface area contributed by atoms with E-state index >= 15 is 0 Å². The van der Waals surface area contributed by atoms with Gasteiger partial charge in [-0.05, 0) is 5.92 Å². The number of rotatable bonds is 4. The highest BCUT2D eigenvalue weighted by molar-refractivity contribution is 7.09. The van der Waals surface area contributed by atoms with E-state index in [0.717, 1.165) is 16.3 Å². The van der Waals surface area contributed by atoms with Gasteiger partial charge < -0.3 is 5.11 Å². The van der Waals surface area contributed by atoms with Crippen LogP contribution in [-0.2, 0) is 13.5 Å². The highest BCUT2D eigenvalue weighted by atomic mass is 35.5. The molecule has 0 fully saturated rings. The molecule has 0 aliphatic carbocycles. The Hall–Kier alpha value is -0.910. The van der Waals surface area contributed by atoms with Gasteiger partial charge in [0.15, 0.2) is 0 Å². The van der Waals surface area contributed by atoms with Crippen molar-refractivity contribution in [1.29, 1.82) is 0 Å². The summed E-state index contributed by atoms with van der Waals surface area (Å²) >= 11 is 7.75. The summed E-state index contributed by atoms with van der Waals surface area (Å²) in [7, 11) is 1.79. The molecule has 0 bridgehead atoms. The third-order valence-corrected chi connectivity index (χ3v) is 4.02. The standard InChI is InChI=1S/C12H16ClN3OS/c1-7(2)11-10(12(13)16(3)15-11)8(17)6-9-14-4-5-18-9/h4-5,7-8,17H,6H2,1-3H3. The van der Waals surface area contributed by atoms with E-state index in [1.807, 2.05) is 19.2 Å². The molecule has 18 heavy (non-hydrogen) atoms. The molecular formula is C12H16ClN3OS. The summed E-state index contributed by atoms with van der Waals surface area (Å²) in [5.74, 6) is 0.227. The summed E-state index contributed by atoms with van der Waals surface area (Å²) in [6.45, 7) is 4.08.